The molecule has 6 aromatic rings. The minimum atomic E-state index is -0.180. The molecule has 0 amide bonds. The van der Waals surface area contributed by atoms with E-state index in [4.69, 9.17) is 4.99 Å². The molecule has 0 aliphatic carbocycles. The number of aliphatic imine (C=N–C) groups is 1. The van der Waals surface area contributed by atoms with E-state index in [1.807, 2.05) is 6.21 Å². The van der Waals surface area contributed by atoms with Gasteiger partial charge in [-0.15, -0.1) is 11.3 Å². The average Bonchev–Trinajstić information content (AvgIpc) is 3.55. The third kappa shape index (κ3) is 3.55. The van der Waals surface area contributed by atoms with E-state index in [0.717, 1.165) is 11.1 Å². The van der Waals surface area contributed by atoms with Crippen molar-refractivity contribution in [2.75, 3.05) is 0 Å². The van der Waals surface area contributed by atoms with Crippen LogP contribution in [-0.4, -0.2) is 10.8 Å². The molecule has 1 aliphatic rings. The predicted octanol–water partition coefficient (Wildman–Crippen LogP) is 8.36. The van der Waals surface area contributed by atoms with Gasteiger partial charge < -0.3 is 5.32 Å². The van der Waals surface area contributed by atoms with Gasteiger partial charge >= 0.3 is 0 Å². The normalized spacial score (nSPS) is 15.2. The van der Waals surface area contributed by atoms with Crippen LogP contribution in [0.5, 0.6) is 0 Å². The number of nitrogens with zero attached hydrogens (tertiary/aromatic N) is 2. The number of nitrogens with one attached hydrogen (secondary N) is 1. The molecule has 0 radical (unpaired) electrons. The van der Waals surface area contributed by atoms with Gasteiger partial charge in [-0.3, -0.25) is 4.57 Å². The van der Waals surface area contributed by atoms with Crippen molar-refractivity contribution in [3.8, 4) is 22.3 Å². The van der Waals surface area contributed by atoms with Crippen molar-refractivity contribution in [1.82, 2.24) is 9.88 Å². The first-order valence-electron chi connectivity index (χ1n) is 12.1. The Morgan fingerprint density at radius 1 is 0.639 bits per heavy atom. The van der Waals surface area contributed by atoms with Crippen LogP contribution in [0, 0.1) is 0 Å². The van der Waals surface area contributed by atoms with Crippen LogP contribution in [0.4, 0.5) is 0 Å². The van der Waals surface area contributed by atoms with Crippen LogP contribution in [0.2, 0.25) is 0 Å². The maximum atomic E-state index is 4.98. The first kappa shape index (κ1) is 20.9. The Morgan fingerprint density at radius 3 is 1.94 bits per heavy atom. The minimum Gasteiger partial charge on any atom is -0.352 e. The standard InChI is InChI=1S/C32H23N3S/c1-3-9-22(10-4-1)24-17-25(23-11-5-2-6-12-23)19-26(18-24)27-20-33-32(34-21-27)35-30-14-8-7-13-28(30)29-15-16-36-31(29)35/h1-21,32-33H. The molecule has 1 atom stereocenters. The van der Waals surface area contributed by atoms with Crippen LogP contribution in [0.1, 0.15) is 11.9 Å². The second kappa shape index (κ2) is 8.67. The van der Waals surface area contributed by atoms with Crippen molar-refractivity contribution in [3.63, 3.8) is 0 Å². The number of hydrogen-bond donors (Lipinski definition) is 1. The van der Waals surface area contributed by atoms with Crippen LogP contribution in [-0.2, 0) is 0 Å². The molecule has 3 nitrogen and oxygen atoms in total. The molecule has 0 spiro atoms. The quantitative estimate of drug-likeness (QED) is 0.269. The van der Waals surface area contributed by atoms with Crippen molar-refractivity contribution in [3.05, 3.63) is 126 Å². The molecular formula is C32H23N3S. The largest absolute Gasteiger partial charge is 0.352 e. The zero-order valence-electron chi connectivity index (χ0n) is 19.5. The molecule has 4 aromatic carbocycles. The van der Waals surface area contributed by atoms with E-state index in [1.165, 1.54) is 43.4 Å². The maximum absolute atomic E-state index is 4.98. The summed E-state index contributed by atoms with van der Waals surface area (Å²) in [6.07, 6.45) is 3.93. The molecule has 172 valence electrons. The van der Waals surface area contributed by atoms with Crippen LogP contribution in [0.3, 0.4) is 0 Å². The molecule has 1 N–H and O–H groups in total. The highest BCUT2D eigenvalue weighted by Gasteiger charge is 2.20. The number of rotatable bonds is 4. The third-order valence-electron chi connectivity index (χ3n) is 6.79. The van der Waals surface area contributed by atoms with E-state index in [-0.39, 0.29) is 6.29 Å². The second-order valence-corrected chi connectivity index (χ2v) is 9.87. The lowest BCUT2D eigenvalue weighted by molar-refractivity contribution is 0.504. The summed E-state index contributed by atoms with van der Waals surface area (Å²) in [6.45, 7) is 0. The highest BCUT2D eigenvalue weighted by molar-refractivity contribution is 7.17. The summed E-state index contributed by atoms with van der Waals surface area (Å²) in [6, 6.07) is 38.6. The number of benzene rings is 4. The van der Waals surface area contributed by atoms with Crippen LogP contribution < -0.4 is 5.32 Å². The fourth-order valence-corrected chi connectivity index (χ4v) is 5.99. The van der Waals surface area contributed by atoms with E-state index in [1.54, 1.807) is 11.3 Å². The van der Waals surface area contributed by atoms with Gasteiger partial charge in [0.1, 0.15) is 4.83 Å². The SMILES string of the molecule is C1=NC(n2c3ccccc3c3ccsc32)NC=C1c1cc(-c2ccccc2)cc(-c2ccccc2)c1. The van der Waals surface area contributed by atoms with E-state index < -0.39 is 0 Å². The van der Waals surface area contributed by atoms with Crippen molar-refractivity contribution in [1.29, 1.82) is 0 Å². The minimum absolute atomic E-state index is 0.180. The average molecular weight is 482 g/mol. The number of thiophene rings is 1. The van der Waals surface area contributed by atoms with Crippen molar-refractivity contribution < 1.29 is 0 Å². The van der Waals surface area contributed by atoms with E-state index in [9.17, 15) is 0 Å². The van der Waals surface area contributed by atoms with Gasteiger partial charge in [-0.1, -0.05) is 78.9 Å². The Morgan fingerprint density at radius 2 is 1.28 bits per heavy atom. The summed E-state index contributed by atoms with van der Waals surface area (Å²) in [4.78, 5) is 6.22. The van der Waals surface area contributed by atoms with Gasteiger partial charge in [-0.2, -0.15) is 0 Å². The molecule has 1 unspecified atom stereocenters. The summed E-state index contributed by atoms with van der Waals surface area (Å²) in [5.41, 5.74) is 8.20. The first-order chi connectivity index (χ1) is 17.8. The molecular weight excluding hydrogens is 458 g/mol. The highest BCUT2D eigenvalue weighted by atomic mass is 32.1. The van der Waals surface area contributed by atoms with Gasteiger partial charge in [0.05, 0.1) is 5.52 Å². The molecule has 7 rings (SSSR count). The van der Waals surface area contributed by atoms with Gasteiger partial charge in [0.2, 0.25) is 6.29 Å². The molecule has 3 heterocycles. The van der Waals surface area contributed by atoms with E-state index in [2.05, 4.69) is 131 Å². The lowest BCUT2D eigenvalue weighted by Gasteiger charge is -2.22. The summed E-state index contributed by atoms with van der Waals surface area (Å²) in [5.74, 6) is 0. The highest BCUT2D eigenvalue weighted by Crippen LogP contribution is 2.36. The lowest BCUT2D eigenvalue weighted by atomic mass is 9.93. The van der Waals surface area contributed by atoms with Crippen molar-refractivity contribution in [2.45, 2.75) is 6.29 Å². The Bertz CT molecular complexity index is 1700. The molecule has 0 saturated heterocycles. The van der Waals surface area contributed by atoms with Gasteiger partial charge in [0.25, 0.3) is 0 Å². The van der Waals surface area contributed by atoms with Crippen LogP contribution >= 0.6 is 11.3 Å². The monoisotopic (exact) mass is 481 g/mol. The zero-order valence-corrected chi connectivity index (χ0v) is 20.3. The summed E-state index contributed by atoms with van der Waals surface area (Å²) < 4.78 is 2.30. The number of para-hydroxylation sites is 1. The zero-order chi connectivity index (χ0) is 23.9. The summed E-state index contributed by atoms with van der Waals surface area (Å²) >= 11 is 1.76. The predicted molar refractivity (Wildman–Crippen MR) is 153 cm³/mol. The smallest absolute Gasteiger partial charge is 0.201 e. The van der Waals surface area contributed by atoms with E-state index >= 15 is 0 Å². The third-order valence-corrected chi connectivity index (χ3v) is 7.70. The molecule has 0 saturated carbocycles. The topological polar surface area (TPSA) is 29.3 Å². The summed E-state index contributed by atoms with van der Waals surface area (Å²) in [7, 11) is 0. The second-order valence-electron chi connectivity index (χ2n) is 8.98. The van der Waals surface area contributed by atoms with Gasteiger partial charge in [0.15, 0.2) is 0 Å². The van der Waals surface area contributed by atoms with Crippen molar-refractivity contribution in [2.24, 2.45) is 4.99 Å². The molecule has 1 aliphatic heterocycles. The fraction of sp³-hybridized carbons (Fsp3) is 0.0312. The van der Waals surface area contributed by atoms with Crippen LogP contribution in [0.15, 0.2) is 126 Å². The van der Waals surface area contributed by atoms with E-state index in [0.29, 0.717) is 0 Å². The number of hydrogen-bond acceptors (Lipinski definition) is 3. The van der Waals surface area contributed by atoms with Gasteiger partial charge in [-0.05, 0) is 63.5 Å². The Labute approximate surface area is 213 Å². The molecule has 36 heavy (non-hydrogen) atoms. The fourth-order valence-electron chi connectivity index (χ4n) is 5.04. The molecule has 0 fully saturated rings. The van der Waals surface area contributed by atoms with Crippen LogP contribution in [0.25, 0.3) is 48.9 Å². The Hall–Kier alpha value is -4.41. The number of fused-ring (bicyclic) bond motifs is 3. The molecule has 4 heteroatoms. The molecule has 2 aromatic heterocycles. The lowest BCUT2D eigenvalue weighted by Crippen LogP contribution is -2.23. The Kier molecular flexibility index (Phi) is 5.04. The van der Waals surface area contributed by atoms with Crippen molar-refractivity contribution >= 4 is 44.2 Å². The summed E-state index contributed by atoms with van der Waals surface area (Å²) in [5, 5.41) is 8.28. The van der Waals surface area contributed by atoms with Gasteiger partial charge in [0, 0.05) is 28.8 Å². The number of aromatic nitrogens is 1. The molecule has 0 bridgehead atoms. The number of allylic oxidation sites excluding steroid dienone is 1. The van der Waals surface area contributed by atoms with Gasteiger partial charge in [-0.25, -0.2) is 4.99 Å². The first-order valence-corrected chi connectivity index (χ1v) is 12.9. The maximum Gasteiger partial charge on any atom is 0.201 e. The Balaban J connectivity index is 1.29.